The molecule has 1 atom stereocenters. The fourth-order valence-corrected chi connectivity index (χ4v) is 2.36. The van der Waals surface area contributed by atoms with Gasteiger partial charge in [0.15, 0.2) is 0 Å². The number of aliphatic carboxylic acids is 1. The molecule has 1 aromatic carbocycles. The molecule has 0 fully saturated rings. The lowest BCUT2D eigenvalue weighted by molar-refractivity contribution is -0.385. The summed E-state index contributed by atoms with van der Waals surface area (Å²) >= 11 is 3.37. The third kappa shape index (κ3) is 3.63. The topological polar surface area (TPSA) is 93.3 Å². The molecule has 0 amide bonds. The molecule has 6 nitrogen and oxygen atoms in total. The van der Waals surface area contributed by atoms with E-state index in [0.29, 0.717) is 5.69 Å². The van der Waals surface area contributed by atoms with Crippen LogP contribution in [0.2, 0.25) is 0 Å². The van der Waals surface area contributed by atoms with Crippen LogP contribution in [0.1, 0.15) is 17.2 Å². The number of benzene rings is 1. The Morgan fingerprint density at radius 3 is 2.57 bits per heavy atom. The Hall–Kier alpha value is -2.28. The first-order chi connectivity index (χ1) is 9.99. The summed E-state index contributed by atoms with van der Waals surface area (Å²) in [5.74, 6) is -1.88. The Bertz CT molecular complexity index is 673. The van der Waals surface area contributed by atoms with Crippen LogP contribution in [0.25, 0.3) is 0 Å². The second kappa shape index (κ2) is 6.45. The Kier molecular flexibility index (Phi) is 4.64. The van der Waals surface area contributed by atoms with Crippen molar-refractivity contribution in [1.82, 2.24) is 4.98 Å². The largest absolute Gasteiger partial charge is 0.481 e. The van der Waals surface area contributed by atoms with Crippen molar-refractivity contribution in [2.75, 3.05) is 0 Å². The SMILES string of the molecule is O=C(O)C(Cc1ccccc1Br)c1ccc([N+](=O)[O-])cn1. The van der Waals surface area contributed by atoms with Crippen LogP contribution in [0.4, 0.5) is 5.69 Å². The highest BCUT2D eigenvalue weighted by atomic mass is 79.9. The molecule has 0 aliphatic heterocycles. The molecular formula is C14H11BrN2O4. The number of halogens is 1. The summed E-state index contributed by atoms with van der Waals surface area (Å²) in [6.07, 6.45) is 1.33. The van der Waals surface area contributed by atoms with E-state index in [1.54, 1.807) is 0 Å². The van der Waals surface area contributed by atoms with Crippen molar-refractivity contribution in [3.8, 4) is 0 Å². The fraction of sp³-hybridized carbons (Fsp3) is 0.143. The minimum atomic E-state index is -1.02. The number of carboxylic acids is 1. The van der Waals surface area contributed by atoms with Gasteiger partial charge in [-0.15, -0.1) is 0 Å². The molecule has 1 unspecified atom stereocenters. The number of pyridine rings is 1. The van der Waals surface area contributed by atoms with Crippen molar-refractivity contribution in [3.63, 3.8) is 0 Å². The average Bonchev–Trinajstić information content (AvgIpc) is 2.46. The first-order valence-corrected chi connectivity index (χ1v) is 6.85. The summed E-state index contributed by atoms with van der Waals surface area (Å²) in [5, 5.41) is 20.0. The summed E-state index contributed by atoms with van der Waals surface area (Å²) in [4.78, 5) is 25.4. The maximum Gasteiger partial charge on any atom is 0.312 e. The van der Waals surface area contributed by atoms with Gasteiger partial charge in [0.05, 0.1) is 10.6 Å². The smallest absolute Gasteiger partial charge is 0.312 e. The molecule has 0 bridgehead atoms. The first-order valence-electron chi connectivity index (χ1n) is 6.05. The Morgan fingerprint density at radius 1 is 1.33 bits per heavy atom. The van der Waals surface area contributed by atoms with E-state index >= 15 is 0 Å². The Labute approximate surface area is 128 Å². The molecule has 0 aliphatic rings. The lowest BCUT2D eigenvalue weighted by Crippen LogP contribution is -2.16. The summed E-state index contributed by atoms with van der Waals surface area (Å²) in [6, 6.07) is 9.96. The zero-order chi connectivity index (χ0) is 15.4. The zero-order valence-corrected chi connectivity index (χ0v) is 12.4. The van der Waals surface area contributed by atoms with Gasteiger partial charge in [-0.25, -0.2) is 0 Å². The second-order valence-corrected chi connectivity index (χ2v) is 5.24. The van der Waals surface area contributed by atoms with Gasteiger partial charge in [-0.3, -0.25) is 19.9 Å². The van der Waals surface area contributed by atoms with E-state index in [1.165, 1.54) is 12.1 Å². The monoisotopic (exact) mass is 350 g/mol. The third-order valence-corrected chi connectivity index (χ3v) is 3.79. The van der Waals surface area contributed by atoms with E-state index in [9.17, 15) is 20.0 Å². The predicted octanol–water partition coefficient (Wildman–Crippen LogP) is 3.16. The lowest BCUT2D eigenvalue weighted by Gasteiger charge is -2.12. The van der Waals surface area contributed by atoms with E-state index in [-0.39, 0.29) is 12.1 Å². The number of nitro groups is 1. The molecule has 0 radical (unpaired) electrons. The molecule has 0 saturated carbocycles. The molecule has 108 valence electrons. The molecule has 21 heavy (non-hydrogen) atoms. The van der Waals surface area contributed by atoms with Crippen LogP contribution in [-0.4, -0.2) is 21.0 Å². The van der Waals surface area contributed by atoms with Gasteiger partial charge < -0.3 is 5.11 Å². The second-order valence-electron chi connectivity index (χ2n) is 4.38. The van der Waals surface area contributed by atoms with Crippen LogP contribution in [0.15, 0.2) is 47.1 Å². The predicted molar refractivity (Wildman–Crippen MR) is 79.1 cm³/mol. The van der Waals surface area contributed by atoms with Gasteiger partial charge in [-0.05, 0) is 24.1 Å². The Balaban J connectivity index is 2.29. The number of hydrogen-bond acceptors (Lipinski definition) is 4. The Morgan fingerprint density at radius 2 is 2.05 bits per heavy atom. The van der Waals surface area contributed by atoms with Crippen LogP contribution in [0.5, 0.6) is 0 Å². The number of hydrogen-bond donors (Lipinski definition) is 1. The highest BCUT2D eigenvalue weighted by Crippen LogP contribution is 2.25. The molecule has 7 heteroatoms. The van der Waals surface area contributed by atoms with Gasteiger partial charge >= 0.3 is 5.97 Å². The maximum absolute atomic E-state index is 11.4. The van der Waals surface area contributed by atoms with Gasteiger partial charge in [-0.1, -0.05) is 34.1 Å². The number of carbonyl (C=O) groups is 1. The van der Waals surface area contributed by atoms with Crippen molar-refractivity contribution in [1.29, 1.82) is 0 Å². The van der Waals surface area contributed by atoms with Gasteiger partial charge in [0.2, 0.25) is 0 Å². The van der Waals surface area contributed by atoms with Crippen molar-refractivity contribution in [2.24, 2.45) is 0 Å². The van der Waals surface area contributed by atoms with Crippen molar-refractivity contribution in [2.45, 2.75) is 12.3 Å². The van der Waals surface area contributed by atoms with Crippen molar-refractivity contribution in [3.05, 3.63) is 68.4 Å². The molecule has 0 aliphatic carbocycles. The highest BCUT2D eigenvalue weighted by molar-refractivity contribution is 9.10. The molecule has 1 heterocycles. The molecular weight excluding hydrogens is 340 g/mol. The molecule has 1 aromatic heterocycles. The molecule has 2 aromatic rings. The number of carboxylic acid groups (broad SMARTS) is 1. The third-order valence-electron chi connectivity index (χ3n) is 3.02. The van der Waals surface area contributed by atoms with E-state index in [2.05, 4.69) is 20.9 Å². The van der Waals surface area contributed by atoms with Gasteiger partial charge in [0.1, 0.15) is 12.1 Å². The van der Waals surface area contributed by atoms with Gasteiger partial charge in [-0.2, -0.15) is 0 Å². The molecule has 0 spiro atoms. The van der Waals surface area contributed by atoms with Crippen LogP contribution >= 0.6 is 15.9 Å². The van der Waals surface area contributed by atoms with E-state index in [4.69, 9.17) is 0 Å². The summed E-state index contributed by atoms with van der Waals surface area (Å²) in [6.45, 7) is 0. The summed E-state index contributed by atoms with van der Waals surface area (Å²) in [7, 11) is 0. The number of aromatic nitrogens is 1. The average molecular weight is 351 g/mol. The minimum Gasteiger partial charge on any atom is -0.481 e. The van der Waals surface area contributed by atoms with Crippen molar-refractivity contribution < 1.29 is 14.8 Å². The van der Waals surface area contributed by atoms with Gasteiger partial charge in [0, 0.05) is 10.5 Å². The standard InChI is InChI=1S/C14H11BrN2O4/c15-12-4-2-1-3-9(12)7-11(14(18)19)13-6-5-10(8-16-13)17(20)21/h1-6,8,11H,7H2,(H,18,19). The van der Waals surface area contributed by atoms with Crippen LogP contribution < -0.4 is 0 Å². The summed E-state index contributed by atoms with van der Waals surface area (Å²) in [5.41, 5.74) is 0.970. The maximum atomic E-state index is 11.4. The van der Waals surface area contributed by atoms with Crippen LogP contribution in [0, 0.1) is 10.1 Å². The van der Waals surface area contributed by atoms with E-state index in [1.807, 2.05) is 24.3 Å². The molecule has 2 rings (SSSR count). The van der Waals surface area contributed by atoms with E-state index in [0.717, 1.165) is 16.2 Å². The lowest BCUT2D eigenvalue weighted by atomic mass is 9.96. The fourth-order valence-electron chi connectivity index (χ4n) is 1.91. The van der Waals surface area contributed by atoms with E-state index < -0.39 is 16.8 Å². The highest BCUT2D eigenvalue weighted by Gasteiger charge is 2.23. The quantitative estimate of drug-likeness (QED) is 0.660. The number of nitrogens with zero attached hydrogens (tertiary/aromatic N) is 2. The van der Waals surface area contributed by atoms with Crippen LogP contribution in [-0.2, 0) is 11.2 Å². The zero-order valence-electron chi connectivity index (χ0n) is 10.8. The molecule has 0 saturated heterocycles. The van der Waals surface area contributed by atoms with Crippen molar-refractivity contribution >= 4 is 27.6 Å². The molecule has 1 N–H and O–H groups in total. The number of rotatable bonds is 5. The normalized spacial score (nSPS) is 11.9. The summed E-state index contributed by atoms with van der Waals surface area (Å²) < 4.78 is 0.818. The van der Waals surface area contributed by atoms with Crippen LogP contribution in [0.3, 0.4) is 0 Å². The first kappa shape index (κ1) is 15.1. The van der Waals surface area contributed by atoms with Gasteiger partial charge in [0.25, 0.3) is 5.69 Å². The minimum absolute atomic E-state index is 0.163.